The highest BCUT2D eigenvalue weighted by atomic mass is 16.5. The van der Waals surface area contributed by atoms with E-state index < -0.39 is 0 Å². The van der Waals surface area contributed by atoms with Crippen LogP contribution in [0.1, 0.15) is 0 Å². The second kappa shape index (κ2) is 7.05. The summed E-state index contributed by atoms with van der Waals surface area (Å²) < 4.78 is 10.8. The van der Waals surface area contributed by atoms with Crippen LogP contribution in [-0.4, -0.2) is 48.6 Å². The van der Waals surface area contributed by atoms with Crippen molar-refractivity contribution in [1.82, 2.24) is 15.2 Å². The molecule has 0 N–H and O–H groups in total. The largest absolute Gasteiger partial charge is 0.497 e. The number of nitrogens with zero attached hydrogens (tertiary/aromatic N) is 4. The lowest BCUT2D eigenvalue weighted by Gasteiger charge is -2.29. The molecule has 1 saturated heterocycles. The number of aromatic nitrogens is 3. The average Bonchev–Trinajstić information content (AvgIpc) is 2.79. The van der Waals surface area contributed by atoms with Crippen molar-refractivity contribution in [1.29, 1.82) is 0 Å². The van der Waals surface area contributed by atoms with Gasteiger partial charge in [0.25, 0.3) is 0 Å². The summed E-state index contributed by atoms with van der Waals surface area (Å²) in [6, 6.07) is 14.3. The molecule has 1 fully saturated rings. The molecule has 0 spiro atoms. The minimum atomic E-state index is 0.729. The first kappa shape index (κ1) is 16.9. The van der Waals surface area contributed by atoms with Crippen molar-refractivity contribution < 1.29 is 9.47 Å². The van der Waals surface area contributed by atoms with Crippen molar-refractivity contribution in [3.8, 4) is 17.0 Å². The zero-order chi connectivity index (χ0) is 18.9. The van der Waals surface area contributed by atoms with Crippen molar-refractivity contribution in [2.45, 2.75) is 0 Å². The van der Waals surface area contributed by atoms with Gasteiger partial charge in [0.05, 0.1) is 37.9 Å². The molecule has 1 aliphatic heterocycles. The fraction of sp³-hybridized carbons (Fsp3) is 0.227. The highest BCUT2D eigenvalue weighted by Crippen LogP contribution is 2.34. The summed E-state index contributed by atoms with van der Waals surface area (Å²) in [5.41, 5.74) is 4.01. The first-order valence-corrected chi connectivity index (χ1v) is 9.35. The van der Waals surface area contributed by atoms with E-state index in [1.165, 1.54) is 0 Å². The lowest BCUT2D eigenvalue weighted by atomic mass is 10.0. The Hall–Kier alpha value is -3.25. The first-order chi connectivity index (χ1) is 13.8. The van der Waals surface area contributed by atoms with E-state index in [0.717, 1.165) is 70.7 Å². The van der Waals surface area contributed by atoms with Gasteiger partial charge in [0.15, 0.2) is 0 Å². The number of morpholine rings is 1. The maximum atomic E-state index is 5.52. The molecule has 3 heterocycles. The third-order valence-electron chi connectivity index (χ3n) is 5.22. The average molecular weight is 372 g/mol. The molecule has 0 amide bonds. The number of methoxy groups -OCH3 is 1. The van der Waals surface area contributed by atoms with Gasteiger partial charge in [-0.1, -0.05) is 0 Å². The van der Waals surface area contributed by atoms with Crippen molar-refractivity contribution in [2.24, 2.45) is 0 Å². The van der Waals surface area contributed by atoms with Crippen LogP contribution in [0.5, 0.6) is 5.75 Å². The van der Waals surface area contributed by atoms with Crippen LogP contribution in [0, 0.1) is 0 Å². The van der Waals surface area contributed by atoms with Gasteiger partial charge in [-0.15, -0.1) is 5.10 Å². The Morgan fingerprint density at radius 2 is 1.82 bits per heavy atom. The molecule has 2 aromatic heterocycles. The van der Waals surface area contributed by atoms with Gasteiger partial charge in [0, 0.05) is 35.6 Å². The summed E-state index contributed by atoms with van der Waals surface area (Å²) >= 11 is 0. The zero-order valence-corrected chi connectivity index (χ0v) is 15.6. The maximum Gasteiger partial charge on any atom is 0.118 e. The number of fused-ring (bicyclic) bond motifs is 3. The number of hydrogen-bond donors (Lipinski definition) is 0. The summed E-state index contributed by atoms with van der Waals surface area (Å²) in [5, 5.41) is 11.8. The molecule has 0 saturated carbocycles. The Balaban J connectivity index is 1.68. The van der Waals surface area contributed by atoms with Crippen LogP contribution >= 0.6 is 0 Å². The van der Waals surface area contributed by atoms with E-state index in [4.69, 9.17) is 14.5 Å². The van der Waals surface area contributed by atoms with E-state index in [9.17, 15) is 0 Å². The number of hydrogen-bond acceptors (Lipinski definition) is 6. The topological polar surface area (TPSA) is 60.4 Å². The van der Waals surface area contributed by atoms with Gasteiger partial charge in [-0.25, -0.2) is 0 Å². The van der Waals surface area contributed by atoms with Gasteiger partial charge >= 0.3 is 0 Å². The van der Waals surface area contributed by atoms with Crippen molar-refractivity contribution in [3.05, 3.63) is 54.9 Å². The molecule has 0 bridgehead atoms. The van der Waals surface area contributed by atoms with Crippen LogP contribution in [0.2, 0.25) is 0 Å². The first-order valence-electron chi connectivity index (χ1n) is 9.35. The van der Waals surface area contributed by atoms with Crippen LogP contribution in [0.3, 0.4) is 0 Å². The van der Waals surface area contributed by atoms with E-state index in [0.29, 0.717) is 0 Å². The standard InChI is InChI=1S/C22H20N4O2/c1-27-17-4-2-15(3-5-17)20-12-16-13-21(26-8-10-28-11-9-26)22-18(6-7-24-25-22)19(16)14-23-20/h2-7,12-14H,8-11H2,1H3. The molecular weight excluding hydrogens is 352 g/mol. The molecule has 1 aliphatic rings. The molecule has 4 aromatic rings. The number of rotatable bonds is 3. The van der Waals surface area contributed by atoms with Gasteiger partial charge in [-0.2, -0.15) is 5.10 Å². The zero-order valence-electron chi connectivity index (χ0n) is 15.6. The van der Waals surface area contributed by atoms with E-state index in [-0.39, 0.29) is 0 Å². The van der Waals surface area contributed by atoms with Crippen LogP contribution in [0.25, 0.3) is 32.9 Å². The smallest absolute Gasteiger partial charge is 0.118 e. The van der Waals surface area contributed by atoms with E-state index in [1.807, 2.05) is 36.5 Å². The minimum Gasteiger partial charge on any atom is -0.497 e. The Bertz CT molecular complexity index is 1140. The molecule has 6 nitrogen and oxygen atoms in total. The number of benzene rings is 2. The highest BCUT2D eigenvalue weighted by molar-refractivity contribution is 6.11. The number of ether oxygens (including phenoxy) is 2. The van der Waals surface area contributed by atoms with Crippen LogP contribution < -0.4 is 9.64 Å². The van der Waals surface area contributed by atoms with Crippen molar-refractivity contribution >= 4 is 27.4 Å². The van der Waals surface area contributed by atoms with Gasteiger partial charge in [-0.05, 0) is 47.9 Å². The SMILES string of the molecule is COc1ccc(-c2cc3cc(N4CCOCC4)c4nnccc4c3cn2)cc1. The number of pyridine rings is 1. The summed E-state index contributed by atoms with van der Waals surface area (Å²) in [7, 11) is 1.67. The third-order valence-corrected chi connectivity index (χ3v) is 5.22. The Morgan fingerprint density at radius 3 is 2.61 bits per heavy atom. The fourth-order valence-electron chi connectivity index (χ4n) is 3.73. The lowest BCUT2D eigenvalue weighted by molar-refractivity contribution is 0.123. The summed E-state index contributed by atoms with van der Waals surface area (Å²) in [5.74, 6) is 0.837. The second-order valence-corrected chi connectivity index (χ2v) is 6.81. The molecule has 5 rings (SSSR count). The molecule has 0 atom stereocenters. The molecular formula is C22H20N4O2. The fourth-order valence-corrected chi connectivity index (χ4v) is 3.73. The highest BCUT2D eigenvalue weighted by Gasteiger charge is 2.17. The minimum absolute atomic E-state index is 0.729. The Kier molecular flexibility index (Phi) is 4.25. The van der Waals surface area contributed by atoms with Crippen LogP contribution in [0.4, 0.5) is 5.69 Å². The van der Waals surface area contributed by atoms with Gasteiger partial charge < -0.3 is 14.4 Å². The lowest BCUT2D eigenvalue weighted by Crippen LogP contribution is -2.36. The van der Waals surface area contributed by atoms with Crippen molar-refractivity contribution in [2.75, 3.05) is 38.3 Å². The predicted octanol–water partition coefficient (Wildman–Crippen LogP) is 3.69. The van der Waals surface area contributed by atoms with Crippen LogP contribution in [0.15, 0.2) is 54.9 Å². The summed E-state index contributed by atoms with van der Waals surface area (Å²) in [6.07, 6.45) is 3.67. The molecule has 140 valence electrons. The molecule has 28 heavy (non-hydrogen) atoms. The van der Waals surface area contributed by atoms with Gasteiger partial charge in [0.2, 0.25) is 0 Å². The maximum absolute atomic E-state index is 5.52. The Morgan fingerprint density at radius 1 is 1.00 bits per heavy atom. The number of anilines is 1. The summed E-state index contributed by atoms with van der Waals surface area (Å²) in [6.45, 7) is 3.17. The van der Waals surface area contributed by atoms with E-state index in [1.54, 1.807) is 13.3 Å². The quantitative estimate of drug-likeness (QED) is 0.511. The third kappa shape index (κ3) is 2.92. The molecule has 0 unspecified atom stereocenters. The van der Waals surface area contributed by atoms with Gasteiger partial charge in [-0.3, -0.25) is 4.98 Å². The predicted molar refractivity (Wildman–Crippen MR) is 110 cm³/mol. The second-order valence-electron chi connectivity index (χ2n) is 6.81. The molecule has 6 heteroatoms. The van der Waals surface area contributed by atoms with E-state index in [2.05, 4.69) is 27.2 Å². The molecule has 0 aliphatic carbocycles. The monoisotopic (exact) mass is 372 g/mol. The molecule has 2 aromatic carbocycles. The van der Waals surface area contributed by atoms with Crippen molar-refractivity contribution in [3.63, 3.8) is 0 Å². The van der Waals surface area contributed by atoms with Crippen LogP contribution in [-0.2, 0) is 4.74 Å². The van der Waals surface area contributed by atoms with Gasteiger partial charge in [0.1, 0.15) is 11.3 Å². The Labute approximate surface area is 162 Å². The summed E-state index contributed by atoms with van der Waals surface area (Å²) in [4.78, 5) is 7.03. The van der Waals surface area contributed by atoms with E-state index >= 15 is 0 Å². The molecule has 0 radical (unpaired) electrons. The normalized spacial score (nSPS) is 14.5.